The lowest BCUT2D eigenvalue weighted by molar-refractivity contribution is -0.152. The molecule has 0 heterocycles. The standard InChI is InChI=1S/C26H35F3N2O5S/c1-15(2)23(31-37(34,35)21-6-4-5-20(10-21)26(27,28)29)24(33)36-14-22(32)30-16(3)25-11-17-7-18(12-25)9-19(8-17)13-25/h4-6,10,15-19,23,31H,7-9,11-14H2,1-3H3,(H,30,32)/t16-,17?,18?,19?,23+,25?/m1/s1. The summed E-state index contributed by atoms with van der Waals surface area (Å²) < 4.78 is 71.9. The lowest BCUT2D eigenvalue weighted by Crippen LogP contribution is -2.56. The lowest BCUT2D eigenvalue weighted by Gasteiger charge is -2.59. The van der Waals surface area contributed by atoms with Crippen LogP contribution in [0, 0.1) is 29.1 Å². The van der Waals surface area contributed by atoms with Crippen molar-refractivity contribution in [2.45, 2.75) is 82.5 Å². The van der Waals surface area contributed by atoms with Gasteiger partial charge in [0.15, 0.2) is 6.61 Å². The van der Waals surface area contributed by atoms with E-state index in [2.05, 4.69) is 10.0 Å². The number of esters is 1. The van der Waals surface area contributed by atoms with Crippen LogP contribution in [-0.4, -0.2) is 39.0 Å². The van der Waals surface area contributed by atoms with E-state index >= 15 is 0 Å². The molecule has 4 bridgehead atoms. The number of hydrogen-bond acceptors (Lipinski definition) is 5. The largest absolute Gasteiger partial charge is 0.454 e. The number of carbonyl (C=O) groups is 2. The summed E-state index contributed by atoms with van der Waals surface area (Å²) in [5.74, 6) is 0.158. The van der Waals surface area contributed by atoms with Crippen LogP contribution in [0.15, 0.2) is 29.2 Å². The number of hydrogen-bond donors (Lipinski definition) is 2. The van der Waals surface area contributed by atoms with Crippen LogP contribution in [0.4, 0.5) is 13.2 Å². The average molecular weight is 545 g/mol. The second kappa shape index (κ2) is 10.2. The fourth-order valence-electron chi connectivity index (χ4n) is 6.90. The van der Waals surface area contributed by atoms with Crippen molar-refractivity contribution >= 4 is 21.9 Å². The molecule has 206 valence electrons. The molecule has 37 heavy (non-hydrogen) atoms. The molecule has 4 fully saturated rings. The predicted octanol–water partition coefficient (Wildman–Crippen LogP) is 4.27. The number of halogens is 3. The van der Waals surface area contributed by atoms with Crippen LogP contribution in [0.1, 0.15) is 64.9 Å². The molecule has 1 aromatic rings. The summed E-state index contributed by atoms with van der Waals surface area (Å²) >= 11 is 0. The first-order chi connectivity index (χ1) is 17.2. The molecule has 0 radical (unpaired) electrons. The maximum atomic E-state index is 13.0. The fourth-order valence-corrected chi connectivity index (χ4v) is 8.28. The molecule has 1 amide bonds. The zero-order valence-electron chi connectivity index (χ0n) is 21.3. The Bertz CT molecular complexity index is 1100. The van der Waals surface area contributed by atoms with Crippen LogP contribution in [0.5, 0.6) is 0 Å². The van der Waals surface area contributed by atoms with Crippen molar-refractivity contribution in [2.75, 3.05) is 6.61 Å². The molecule has 0 aliphatic heterocycles. The predicted molar refractivity (Wildman–Crippen MR) is 130 cm³/mol. The van der Waals surface area contributed by atoms with E-state index in [-0.39, 0.29) is 11.5 Å². The molecule has 4 aliphatic rings. The van der Waals surface area contributed by atoms with Gasteiger partial charge in [-0.2, -0.15) is 17.9 Å². The van der Waals surface area contributed by atoms with Crippen LogP contribution in [0.3, 0.4) is 0 Å². The van der Waals surface area contributed by atoms with Crippen molar-refractivity contribution < 1.29 is 35.9 Å². The van der Waals surface area contributed by atoms with E-state index in [4.69, 9.17) is 4.74 Å². The van der Waals surface area contributed by atoms with E-state index in [0.29, 0.717) is 6.07 Å². The van der Waals surface area contributed by atoms with E-state index in [0.717, 1.165) is 55.2 Å². The fraction of sp³-hybridized carbons (Fsp3) is 0.692. The Balaban J connectivity index is 1.35. The van der Waals surface area contributed by atoms with Crippen LogP contribution < -0.4 is 10.0 Å². The zero-order valence-corrected chi connectivity index (χ0v) is 22.1. The van der Waals surface area contributed by atoms with Gasteiger partial charge in [-0.15, -0.1) is 0 Å². The summed E-state index contributed by atoms with van der Waals surface area (Å²) in [6.07, 6.45) is 2.44. The maximum Gasteiger partial charge on any atom is 0.416 e. The SMILES string of the molecule is CC(C)[C@H](NS(=O)(=O)c1cccc(C(F)(F)F)c1)C(=O)OCC(=O)N[C@H](C)C12CC3CC(CC(C3)C1)C2. The first-order valence-electron chi connectivity index (χ1n) is 12.8. The number of nitrogens with one attached hydrogen (secondary N) is 2. The third kappa shape index (κ3) is 6.13. The van der Waals surface area contributed by atoms with Gasteiger partial charge >= 0.3 is 12.1 Å². The molecule has 1 aromatic carbocycles. The molecule has 0 aromatic heterocycles. The first kappa shape index (κ1) is 27.9. The normalized spacial score (nSPS) is 28.7. The average Bonchev–Trinajstić information content (AvgIpc) is 2.79. The third-order valence-corrected chi connectivity index (χ3v) is 9.84. The summed E-state index contributed by atoms with van der Waals surface area (Å²) in [4.78, 5) is 24.7. The second-order valence-electron chi connectivity index (χ2n) is 11.5. The number of benzene rings is 1. The van der Waals surface area contributed by atoms with Crippen molar-refractivity contribution in [1.29, 1.82) is 0 Å². The highest BCUT2D eigenvalue weighted by Crippen LogP contribution is 2.61. The maximum absolute atomic E-state index is 13.0. The van der Waals surface area contributed by atoms with E-state index < -0.39 is 57.1 Å². The molecule has 0 unspecified atom stereocenters. The molecular weight excluding hydrogens is 509 g/mol. The molecule has 5 rings (SSSR count). The Morgan fingerprint density at radius 2 is 1.62 bits per heavy atom. The molecule has 2 N–H and O–H groups in total. The smallest absolute Gasteiger partial charge is 0.416 e. The number of ether oxygens (including phenoxy) is 1. The van der Waals surface area contributed by atoms with Gasteiger partial charge in [0.2, 0.25) is 10.0 Å². The number of sulfonamides is 1. The topological polar surface area (TPSA) is 102 Å². The minimum Gasteiger partial charge on any atom is -0.454 e. The number of amides is 1. The highest BCUT2D eigenvalue weighted by atomic mass is 32.2. The lowest BCUT2D eigenvalue weighted by atomic mass is 9.48. The van der Waals surface area contributed by atoms with Gasteiger partial charge in [-0.05, 0) is 92.7 Å². The minimum atomic E-state index is -4.72. The Morgan fingerprint density at radius 3 is 2.14 bits per heavy atom. The Morgan fingerprint density at radius 1 is 1.05 bits per heavy atom. The van der Waals surface area contributed by atoms with Crippen LogP contribution in [-0.2, 0) is 30.5 Å². The van der Waals surface area contributed by atoms with Gasteiger partial charge in [0, 0.05) is 6.04 Å². The van der Waals surface area contributed by atoms with Gasteiger partial charge in [-0.25, -0.2) is 8.42 Å². The number of carbonyl (C=O) groups excluding carboxylic acids is 2. The van der Waals surface area contributed by atoms with Crippen molar-refractivity contribution in [3.05, 3.63) is 29.8 Å². The highest BCUT2D eigenvalue weighted by molar-refractivity contribution is 7.89. The van der Waals surface area contributed by atoms with Crippen LogP contribution in [0.25, 0.3) is 0 Å². The van der Waals surface area contributed by atoms with E-state index in [1.54, 1.807) is 13.8 Å². The molecule has 2 atom stereocenters. The summed E-state index contributed by atoms with van der Waals surface area (Å²) in [5, 5.41) is 2.99. The van der Waals surface area contributed by atoms with Gasteiger partial charge in [-0.3, -0.25) is 9.59 Å². The van der Waals surface area contributed by atoms with Crippen molar-refractivity contribution in [1.82, 2.24) is 10.0 Å². The van der Waals surface area contributed by atoms with Gasteiger partial charge in [0.25, 0.3) is 5.91 Å². The Labute approximate surface area is 216 Å². The quantitative estimate of drug-likeness (QED) is 0.452. The number of alkyl halides is 3. The summed E-state index contributed by atoms with van der Waals surface area (Å²) in [5.41, 5.74) is -1.04. The molecule has 11 heteroatoms. The van der Waals surface area contributed by atoms with Gasteiger partial charge in [-0.1, -0.05) is 19.9 Å². The monoisotopic (exact) mass is 544 g/mol. The van der Waals surface area contributed by atoms with E-state index in [1.807, 2.05) is 6.92 Å². The zero-order chi connectivity index (χ0) is 27.2. The molecular formula is C26H35F3N2O5S. The van der Waals surface area contributed by atoms with Crippen molar-refractivity contribution in [2.24, 2.45) is 29.1 Å². The van der Waals surface area contributed by atoms with Gasteiger partial charge < -0.3 is 10.1 Å². The Kier molecular flexibility index (Phi) is 7.69. The Hall–Kier alpha value is -2.14. The molecule has 4 saturated carbocycles. The molecule has 7 nitrogen and oxygen atoms in total. The van der Waals surface area contributed by atoms with Crippen LogP contribution >= 0.6 is 0 Å². The highest BCUT2D eigenvalue weighted by Gasteiger charge is 2.53. The van der Waals surface area contributed by atoms with Gasteiger partial charge in [0.05, 0.1) is 10.5 Å². The van der Waals surface area contributed by atoms with Crippen molar-refractivity contribution in [3.63, 3.8) is 0 Å². The molecule has 0 spiro atoms. The van der Waals surface area contributed by atoms with Crippen molar-refractivity contribution in [3.8, 4) is 0 Å². The van der Waals surface area contributed by atoms with E-state index in [9.17, 15) is 31.2 Å². The van der Waals surface area contributed by atoms with Gasteiger partial charge in [0.1, 0.15) is 6.04 Å². The first-order valence-corrected chi connectivity index (χ1v) is 14.3. The van der Waals surface area contributed by atoms with E-state index in [1.165, 1.54) is 19.3 Å². The minimum absolute atomic E-state index is 0.0626. The summed E-state index contributed by atoms with van der Waals surface area (Å²) in [6.45, 7) is 4.57. The summed E-state index contributed by atoms with van der Waals surface area (Å²) in [7, 11) is -4.47. The summed E-state index contributed by atoms with van der Waals surface area (Å²) in [6, 6.07) is 1.82. The third-order valence-electron chi connectivity index (χ3n) is 8.40. The number of rotatable bonds is 9. The molecule has 4 aliphatic carbocycles. The molecule has 0 saturated heterocycles. The second-order valence-corrected chi connectivity index (χ2v) is 13.3. The van der Waals surface area contributed by atoms with Crippen LogP contribution in [0.2, 0.25) is 0 Å².